The number of carbonyl (C=O) groups excluding carboxylic acids is 1. The van der Waals surface area contributed by atoms with E-state index in [1.807, 2.05) is 24.3 Å². The number of Topliss-reactive ketones (excluding diaryl/α,β-unsaturated/α-hetero) is 1. The molecular weight excluding hydrogens is 460 g/mol. The fourth-order valence-corrected chi connectivity index (χ4v) is 4.87. The first-order valence-electron chi connectivity index (χ1n) is 12.2. The molecule has 2 heterocycles. The van der Waals surface area contributed by atoms with E-state index in [0.29, 0.717) is 30.3 Å². The molecule has 1 saturated heterocycles. The van der Waals surface area contributed by atoms with Crippen LogP contribution in [0.1, 0.15) is 46.9 Å². The van der Waals surface area contributed by atoms with Crippen molar-refractivity contribution < 1.29 is 13.6 Å². The second kappa shape index (κ2) is 10.5. The van der Waals surface area contributed by atoms with Crippen molar-refractivity contribution in [1.29, 1.82) is 0 Å². The molecule has 1 fully saturated rings. The highest BCUT2D eigenvalue weighted by Gasteiger charge is 2.24. The van der Waals surface area contributed by atoms with Crippen molar-refractivity contribution in [3.05, 3.63) is 112 Å². The average molecular weight is 488 g/mol. The second-order valence-corrected chi connectivity index (χ2v) is 9.30. The number of rotatable bonds is 7. The summed E-state index contributed by atoms with van der Waals surface area (Å²) in [5.74, 6) is -0.644. The number of benzene rings is 3. The molecule has 4 aromatic rings. The van der Waals surface area contributed by atoms with Crippen molar-refractivity contribution in [1.82, 2.24) is 14.7 Å². The molecule has 0 radical (unpaired) electrons. The Morgan fingerprint density at radius 1 is 0.861 bits per heavy atom. The highest BCUT2D eigenvalue weighted by atomic mass is 19.1. The molecule has 7 heteroatoms. The Kier molecular flexibility index (Phi) is 7.00. The third-order valence-electron chi connectivity index (χ3n) is 6.91. The number of halogens is 2. The smallest absolute Gasteiger partial charge is 0.274 e. The van der Waals surface area contributed by atoms with Crippen LogP contribution in [0.2, 0.25) is 0 Å². The van der Waals surface area contributed by atoms with Gasteiger partial charge in [-0.1, -0.05) is 30.3 Å². The van der Waals surface area contributed by atoms with Gasteiger partial charge in [0.1, 0.15) is 11.6 Å². The summed E-state index contributed by atoms with van der Waals surface area (Å²) in [5.41, 5.74) is 2.15. The van der Waals surface area contributed by atoms with Gasteiger partial charge in [-0.15, -0.1) is 0 Å². The molecule has 0 atom stereocenters. The zero-order chi connectivity index (χ0) is 25.1. The van der Waals surface area contributed by atoms with Gasteiger partial charge in [-0.05, 0) is 60.9 Å². The van der Waals surface area contributed by atoms with Gasteiger partial charge in [0.15, 0.2) is 5.78 Å². The van der Waals surface area contributed by atoms with Crippen LogP contribution in [-0.2, 0) is 6.42 Å². The lowest BCUT2D eigenvalue weighted by molar-refractivity contribution is 0.0950. The monoisotopic (exact) mass is 487 g/mol. The van der Waals surface area contributed by atoms with Gasteiger partial charge < -0.3 is 4.90 Å². The van der Waals surface area contributed by atoms with Crippen molar-refractivity contribution in [2.24, 2.45) is 0 Å². The average Bonchev–Trinajstić information content (AvgIpc) is 2.91. The van der Waals surface area contributed by atoms with Crippen LogP contribution in [0.4, 0.5) is 8.78 Å². The van der Waals surface area contributed by atoms with Gasteiger partial charge in [-0.25, -0.2) is 13.5 Å². The van der Waals surface area contributed by atoms with E-state index in [1.165, 1.54) is 36.4 Å². The summed E-state index contributed by atoms with van der Waals surface area (Å²) in [7, 11) is 0. The third-order valence-corrected chi connectivity index (χ3v) is 6.91. The summed E-state index contributed by atoms with van der Waals surface area (Å²) < 4.78 is 28.1. The van der Waals surface area contributed by atoms with Crippen LogP contribution in [-0.4, -0.2) is 40.1 Å². The van der Waals surface area contributed by atoms with Gasteiger partial charge >= 0.3 is 0 Å². The molecule has 36 heavy (non-hydrogen) atoms. The maximum absolute atomic E-state index is 13.4. The molecule has 0 saturated carbocycles. The minimum atomic E-state index is -0.355. The number of piperidine rings is 1. The van der Waals surface area contributed by atoms with Crippen molar-refractivity contribution >= 4 is 16.6 Å². The lowest BCUT2D eigenvalue weighted by atomic mass is 10.0. The van der Waals surface area contributed by atoms with Crippen LogP contribution in [0.25, 0.3) is 10.8 Å². The molecule has 0 unspecified atom stereocenters. The molecular formula is C29H27F2N3O2. The Labute approximate surface area is 208 Å². The predicted molar refractivity (Wildman–Crippen MR) is 135 cm³/mol. The zero-order valence-electron chi connectivity index (χ0n) is 19.9. The maximum atomic E-state index is 13.4. The molecule has 1 aliphatic heterocycles. The number of hydrogen-bond acceptors (Lipinski definition) is 4. The number of hydrogen-bond donors (Lipinski definition) is 0. The van der Waals surface area contributed by atoms with Crippen molar-refractivity contribution in [3.63, 3.8) is 0 Å². The normalized spacial score (nSPS) is 14.8. The largest absolute Gasteiger partial charge is 0.303 e. The summed E-state index contributed by atoms with van der Waals surface area (Å²) in [6.07, 6.45) is 2.38. The molecule has 0 N–H and O–H groups in total. The Hall–Kier alpha value is -3.71. The molecule has 184 valence electrons. The van der Waals surface area contributed by atoms with Gasteiger partial charge in [0, 0.05) is 43.4 Å². The van der Waals surface area contributed by atoms with Crippen molar-refractivity contribution in [2.45, 2.75) is 31.7 Å². The highest BCUT2D eigenvalue weighted by molar-refractivity contribution is 5.96. The quantitative estimate of drug-likeness (QED) is 0.337. The number of nitrogens with zero attached hydrogens (tertiary/aromatic N) is 3. The Morgan fingerprint density at radius 3 is 2.14 bits per heavy atom. The van der Waals surface area contributed by atoms with Crippen LogP contribution < -0.4 is 5.56 Å². The number of aromatic nitrogens is 2. The predicted octanol–water partition coefficient (Wildman–Crippen LogP) is 5.18. The third kappa shape index (κ3) is 5.26. The molecule has 0 amide bonds. The summed E-state index contributed by atoms with van der Waals surface area (Å²) in [4.78, 5) is 28.0. The van der Waals surface area contributed by atoms with Crippen LogP contribution in [0.5, 0.6) is 0 Å². The molecule has 3 aromatic carbocycles. The van der Waals surface area contributed by atoms with Crippen LogP contribution >= 0.6 is 0 Å². The summed E-state index contributed by atoms with van der Waals surface area (Å²) in [6.45, 7) is 2.14. The van der Waals surface area contributed by atoms with Crippen LogP contribution in [0.3, 0.4) is 0 Å². The van der Waals surface area contributed by atoms with E-state index in [0.717, 1.165) is 42.6 Å². The number of fused-ring (bicyclic) bond motifs is 1. The SMILES string of the molecule is O=C(CCN1CCC(n2nc(Cc3ccc(F)cc3)c3ccccc3c2=O)CC1)c1ccc(F)cc1. The van der Waals surface area contributed by atoms with Gasteiger partial charge in [-0.3, -0.25) is 9.59 Å². The van der Waals surface area contributed by atoms with Gasteiger partial charge in [-0.2, -0.15) is 5.10 Å². The van der Waals surface area contributed by atoms with E-state index in [2.05, 4.69) is 4.90 Å². The Bertz CT molecular complexity index is 1420. The van der Waals surface area contributed by atoms with E-state index < -0.39 is 0 Å². The van der Waals surface area contributed by atoms with Gasteiger partial charge in [0.2, 0.25) is 0 Å². The van der Waals surface area contributed by atoms with E-state index >= 15 is 0 Å². The first-order valence-corrected chi connectivity index (χ1v) is 12.2. The van der Waals surface area contributed by atoms with Crippen molar-refractivity contribution in [2.75, 3.05) is 19.6 Å². The highest BCUT2D eigenvalue weighted by Crippen LogP contribution is 2.24. The topological polar surface area (TPSA) is 55.2 Å². The summed E-state index contributed by atoms with van der Waals surface area (Å²) in [5, 5.41) is 6.25. The fourth-order valence-electron chi connectivity index (χ4n) is 4.87. The molecule has 0 aliphatic carbocycles. The number of likely N-dealkylation sites (tertiary alicyclic amines) is 1. The Balaban J connectivity index is 1.29. The summed E-state index contributed by atoms with van der Waals surface area (Å²) in [6, 6.07) is 19.5. The molecule has 5 nitrogen and oxygen atoms in total. The maximum Gasteiger partial charge on any atom is 0.274 e. The number of carbonyl (C=O) groups is 1. The fraction of sp³-hybridized carbons (Fsp3) is 0.276. The summed E-state index contributed by atoms with van der Waals surface area (Å²) >= 11 is 0. The first kappa shape index (κ1) is 24.0. The van der Waals surface area contributed by atoms with E-state index in [4.69, 9.17) is 5.10 Å². The second-order valence-electron chi connectivity index (χ2n) is 9.30. The number of ketones is 1. The molecule has 1 aliphatic rings. The molecule has 1 aromatic heterocycles. The van der Waals surface area contributed by atoms with Crippen molar-refractivity contribution in [3.8, 4) is 0 Å². The van der Waals surface area contributed by atoms with E-state index in [1.54, 1.807) is 16.8 Å². The standard InChI is InChI=1S/C29H27F2N3O2/c30-22-9-5-20(6-10-22)19-27-25-3-1-2-4-26(25)29(36)34(32-27)24-13-16-33(17-14-24)18-15-28(35)21-7-11-23(31)12-8-21/h1-12,24H,13-19H2. The minimum Gasteiger partial charge on any atom is -0.303 e. The van der Waals surface area contributed by atoms with Crippen LogP contribution in [0.15, 0.2) is 77.6 Å². The van der Waals surface area contributed by atoms with Crippen LogP contribution in [0, 0.1) is 11.6 Å². The molecule has 0 bridgehead atoms. The zero-order valence-corrected chi connectivity index (χ0v) is 19.9. The Morgan fingerprint density at radius 2 is 1.47 bits per heavy atom. The lowest BCUT2D eigenvalue weighted by Gasteiger charge is -2.32. The van der Waals surface area contributed by atoms with Gasteiger partial charge in [0.05, 0.1) is 17.1 Å². The molecule has 5 rings (SSSR count). The van der Waals surface area contributed by atoms with Gasteiger partial charge in [0.25, 0.3) is 5.56 Å². The van der Waals surface area contributed by atoms with E-state index in [-0.39, 0.29) is 29.0 Å². The first-order chi connectivity index (χ1) is 17.5. The lowest BCUT2D eigenvalue weighted by Crippen LogP contribution is -2.39. The van der Waals surface area contributed by atoms with E-state index in [9.17, 15) is 18.4 Å². The molecule has 0 spiro atoms. The minimum absolute atomic E-state index is 0.00465.